The summed E-state index contributed by atoms with van der Waals surface area (Å²) in [6, 6.07) is 13.0. The van der Waals surface area contributed by atoms with Gasteiger partial charge < -0.3 is 10.2 Å². The molecule has 0 unspecified atom stereocenters. The highest BCUT2D eigenvalue weighted by molar-refractivity contribution is 7.89. The van der Waals surface area contributed by atoms with Crippen molar-refractivity contribution in [2.75, 3.05) is 39.3 Å². The number of hydrogen-bond acceptors (Lipinski definition) is 4. The van der Waals surface area contributed by atoms with Crippen molar-refractivity contribution in [3.63, 3.8) is 0 Å². The van der Waals surface area contributed by atoms with Crippen LogP contribution in [0.2, 0.25) is 0 Å². The molecule has 7 heteroatoms. The molecular formula is C23H31N3O3S. The first-order chi connectivity index (χ1) is 14.5. The summed E-state index contributed by atoms with van der Waals surface area (Å²) in [5.41, 5.74) is 0. The second-order valence-electron chi connectivity index (χ2n) is 8.38. The lowest BCUT2D eigenvalue weighted by molar-refractivity contribution is -0.126. The number of nitrogens with one attached hydrogen (secondary N) is 1. The Balaban J connectivity index is 1.28. The van der Waals surface area contributed by atoms with E-state index in [1.54, 1.807) is 12.1 Å². The molecule has 1 amide bonds. The van der Waals surface area contributed by atoms with E-state index in [4.69, 9.17) is 0 Å². The van der Waals surface area contributed by atoms with E-state index in [2.05, 4.69) is 10.2 Å². The summed E-state index contributed by atoms with van der Waals surface area (Å²) in [5, 5.41) is 4.99. The molecule has 2 aromatic carbocycles. The fraction of sp³-hybridized carbons (Fsp3) is 0.522. The summed E-state index contributed by atoms with van der Waals surface area (Å²) >= 11 is 0. The molecule has 2 heterocycles. The first kappa shape index (κ1) is 21.3. The summed E-state index contributed by atoms with van der Waals surface area (Å²) in [6.07, 6.45) is 4.69. The van der Waals surface area contributed by atoms with Crippen LogP contribution in [0.5, 0.6) is 0 Å². The third-order valence-electron chi connectivity index (χ3n) is 6.33. The quantitative estimate of drug-likeness (QED) is 0.687. The van der Waals surface area contributed by atoms with Gasteiger partial charge in [0.05, 0.1) is 4.90 Å². The minimum absolute atomic E-state index is 0.0687. The molecule has 0 bridgehead atoms. The molecule has 30 heavy (non-hydrogen) atoms. The lowest BCUT2D eigenvalue weighted by atomic mass is 9.97. The molecule has 4 rings (SSSR count). The van der Waals surface area contributed by atoms with Gasteiger partial charge >= 0.3 is 0 Å². The molecule has 0 atom stereocenters. The molecule has 2 saturated heterocycles. The number of carbonyl (C=O) groups is 1. The fourth-order valence-electron chi connectivity index (χ4n) is 4.50. The molecule has 1 N–H and O–H groups in total. The van der Waals surface area contributed by atoms with E-state index in [0.29, 0.717) is 37.4 Å². The minimum atomic E-state index is -3.54. The topological polar surface area (TPSA) is 69.7 Å². The molecule has 0 saturated carbocycles. The van der Waals surface area contributed by atoms with Gasteiger partial charge in [0.25, 0.3) is 0 Å². The molecule has 162 valence electrons. The van der Waals surface area contributed by atoms with Crippen molar-refractivity contribution >= 4 is 26.7 Å². The number of likely N-dealkylation sites (tertiary alicyclic amines) is 1. The van der Waals surface area contributed by atoms with E-state index >= 15 is 0 Å². The summed E-state index contributed by atoms with van der Waals surface area (Å²) in [4.78, 5) is 15.2. The number of sulfonamides is 1. The highest BCUT2D eigenvalue weighted by Crippen LogP contribution is 2.26. The summed E-state index contributed by atoms with van der Waals surface area (Å²) in [6.45, 7) is 4.88. The van der Waals surface area contributed by atoms with Crippen molar-refractivity contribution in [2.45, 2.75) is 37.0 Å². The Bertz CT molecular complexity index is 978. The van der Waals surface area contributed by atoms with Gasteiger partial charge in [-0.3, -0.25) is 4.79 Å². The lowest BCUT2D eigenvalue weighted by Crippen LogP contribution is -2.43. The zero-order chi connectivity index (χ0) is 21.0. The average Bonchev–Trinajstić information content (AvgIpc) is 3.30. The fourth-order valence-corrected chi connectivity index (χ4v) is 6.01. The smallest absolute Gasteiger partial charge is 0.243 e. The number of hydrogen-bond donors (Lipinski definition) is 1. The van der Waals surface area contributed by atoms with Crippen LogP contribution in [0.1, 0.15) is 32.1 Å². The molecule has 2 aromatic rings. The van der Waals surface area contributed by atoms with Gasteiger partial charge in [0, 0.05) is 25.6 Å². The van der Waals surface area contributed by atoms with Crippen LogP contribution in [0, 0.1) is 5.92 Å². The van der Waals surface area contributed by atoms with Gasteiger partial charge in [-0.15, -0.1) is 0 Å². The van der Waals surface area contributed by atoms with Crippen LogP contribution in [-0.4, -0.2) is 62.8 Å². The monoisotopic (exact) mass is 429 g/mol. The highest BCUT2D eigenvalue weighted by atomic mass is 32.2. The van der Waals surface area contributed by atoms with Crippen molar-refractivity contribution < 1.29 is 13.2 Å². The summed E-state index contributed by atoms with van der Waals surface area (Å²) < 4.78 is 27.7. The standard InChI is InChI=1S/C23H31N3O3S/c27-23(24-12-5-15-25-13-3-4-14-25)20-10-16-26(17-11-20)30(28,29)22-9-8-19-6-1-2-7-21(19)18-22/h1-2,6-9,18,20H,3-5,10-17H2,(H,24,27). The van der Waals surface area contributed by atoms with Crippen LogP contribution < -0.4 is 5.32 Å². The molecule has 0 aromatic heterocycles. The van der Waals surface area contributed by atoms with Gasteiger partial charge in [-0.1, -0.05) is 30.3 Å². The number of carbonyl (C=O) groups excluding carboxylic acids is 1. The van der Waals surface area contributed by atoms with Gasteiger partial charge in [-0.05, 0) is 74.6 Å². The van der Waals surface area contributed by atoms with E-state index in [-0.39, 0.29) is 11.8 Å². The second-order valence-corrected chi connectivity index (χ2v) is 10.3. The Labute approximate surface area is 179 Å². The molecule has 2 aliphatic rings. The highest BCUT2D eigenvalue weighted by Gasteiger charge is 2.32. The predicted molar refractivity (Wildman–Crippen MR) is 119 cm³/mol. The van der Waals surface area contributed by atoms with Crippen molar-refractivity contribution in [1.82, 2.24) is 14.5 Å². The molecule has 6 nitrogen and oxygen atoms in total. The van der Waals surface area contributed by atoms with Crippen LogP contribution in [0.25, 0.3) is 10.8 Å². The van der Waals surface area contributed by atoms with Crippen molar-refractivity contribution in [1.29, 1.82) is 0 Å². The van der Waals surface area contributed by atoms with Crippen LogP contribution in [0.4, 0.5) is 0 Å². The Kier molecular flexibility index (Phi) is 6.71. The van der Waals surface area contributed by atoms with Crippen LogP contribution >= 0.6 is 0 Å². The van der Waals surface area contributed by atoms with E-state index in [0.717, 1.165) is 23.7 Å². The number of fused-ring (bicyclic) bond motifs is 1. The van der Waals surface area contributed by atoms with Gasteiger partial charge in [0.15, 0.2) is 0 Å². The number of amides is 1. The van der Waals surface area contributed by atoms with Gasteiger partial charge in [-0.2, -0.15) is 4.31 Å². The molecule has 2 aliphatic heterocycles. The van der Waals surface area contributed by atoms with Crippen molar-refractivity contribution in [3.8, 4) is 0 Å². The first-order valence-corrected chi connectivity index (χ1v) is 12.5. The van der Waals surface area contributed by atoms with Gasteiger partial charge in [-0.25, -0.2) is 8.42 Å². The summed E-state index contributed by atoms with van der Waals surface area (Å²) in [7, 11) is -3.54. The van der Waals surface area contributed by atoms with Crippen molar-refractivity contribution in [2.24, 2.45) is 5.92 Å². The summed E-state index contributed by atoms with van der Waals surface area (Å²) in [5.74, 6) is -0.0287. The third kappa shape index (κ3) is 4.85. The van der Waals surface area contributed by atoms with Gasteiger partial charge in [0.2, 0.25) is 15.9 Å². The molecule has 0 radical (unpaired) electrons. The number of piperidine rings is 1. The number of benzene rings is 2. The Morgan fingerprint density at radius 2 is 1.67 bits per heavy atom. The second kappa shape index (κ2) is 9.45. The first-order valence-electron chi connectivity index (χ1n) is 11.0. The molecule has 2 fully saturated rings. The maximum absolute atomic E-state index is 13.1. The van der Waals surface area contributed by atoms with Crippen molar-refractivity contribution in [3.05, 3.63) is 42.5 Å². The maximum Gasteiger partial charge on any atom is 0.243 e. The number of nitrogens with zero attached hydrogens (tertiary/aromatic N) is 2. The Morgan fingerprint density at radius 1 is 0.967 bits per heavy atom. The van der Waals surface area contributed by atoms with E-state index in [1.165, 1.54) is 30.2 Å². The Morgan fingerprint density at radius 3 is 2.40 bits per heavy atom. The Hall–Kier alpha value is -1.96. The van der Waals surface area contributed by atoms with Crippen LogP contribution in [0.3, 0.4) is 0 Å². The zero-order valence-corrected chi connectivity index (χ0v) is 18.2. The largest absolute Gasteiger partial charge is 0.356 e. The lowest BCUT2D eigenvalue weighted by Gasteiger charge is -2.30. The number of rotatable bonds is 7. The zero-order valence-electron chi connectivity index (χ0n) is 17.4. The molecule has 0 spiro atoms. The van der Waals surface area contributed by atoms with E-state index < -0.39 is 10.0 Å². The predicted octanol–water partition coefficient (Wildman–Crippen LogP) is 2.84. The maximum atomic E-state index is 13.1. The normalized spacial score (nSPS) is 19.3. The van der Waals surface area contributed by atoms with Crippen LogP contribution in [0.15, 0.2) is 47.4 Å². The molecular weight excluding hydrogens is 398 g/mol. The SMILES string of the molecule is O=C(NCCCN1CCCC1)C1CCN(S(=O)(=O)c2ccc3ccccc3c2)CC1. The minimum Gasteiger partial charge on any atom is -0.356 e. The average molecular weight is 430 g/mol. The van der Waals surface area contributed by atoms with Crippen LogP contribution in [-0.2, 0) is 14.8 Å². The van der Waals surface area contributed by atoms with Gasteiger partial charge in [0.1, 0.15) is 0 Å². The van der Waals surface area contributed by atoms with E-state index in [1.807, 2.05) is 30.3 Å². The molecule has 0 aliphatic carbocycles. The van der Waals surface area contributed by atoms with E-state index in [9.17, 15) is 13.2 Å². The third-order valence-corrected chi connectivity index (χ3v) is 8.23.